The maximum Gasteiger partial charge on any atom is 0.242 e. The minimum Gasteiger partial charge on any atom is -0.341 e. The van der Waals surface area contributed by atoms with E-state index in [0.717, 1.165) is 54.5 Å². The van der Waals surface area contributed by atoms with Gasteiger partial charge in [-0.1, -0.05) is 25.1 Å². The van der Waals surface area contributed by atoms with Crippen LogP contribution in [0.2, 0.25) is 0 Å². The Morgan fingerprint density at radius 1 is 1.21 bits per heavy atom. The van der Waals surface area contributed by atoms with Gasteiger partial charge in [0.25, 0.3) is 0 Å². The second-order valence-electron chi connectivity index (χ2n) is 7.56. The van der Waals surface area contributed by atoms with E-state index in [4.69, 9.17) is 0 Å². The maximum absolute atomic E-state index is 13.0. The number of carbonyl (C=O) groups is 2. The zero-order valence-electron chi connectivity index (χ0n) is 16.4. The van der Waals surface area contributed by atoms with Gasteiger partial charge in [0.2, 0.25) is 5.91 Å². The fourth-order valence-corrected chi connectivity index (χ4v) is 4.31. The summed E-state index contributed by atoms with van der Waals surface area (Å²) in [6.45, 7) is 5.46. The Balaban J connectivity index is 1.53. The third kappa shape index (κ3) is 3.35. The highest BCUT2D eigenvalue weighted by Crippen LogP contribution is 2.28. The number of aromatic nitrogens is 3. The minimum atomic E-state index is 0.0322. The van der Waals surface area contributed by atoms with Crippen LogP contribution in [-0.4, -0.2) is 44.4 Å². The van der Waals surface area contributed by atoms with Crippen LogP contribution < -0.4 is 0 Å². The van der Waals surface area contributed by atoms with Gasteiger partial charge in [-0.05, 0) is 37.8 Å². The Bertz CT molecular complexity index is 995. The molecule has 3 heterocycles. The van der Waals surface area contributed by atoms with E-state index in [-0.39, 0.29) is 18.2 Å². The highest BCUT2D eigenvalue weighted by atomic mass is 16.2. The summed E-state index contributed by atoms with van der Waals surface area (Å²) in [6, 6.07) is 8.05. The highest BCUT2D eigenvalue weighted by Gasteiger charge is 2.25. The summed E-state index contributed by atoms with van der Waals surface area (Å²) >= 11 is 0. The van der Waals surface area contributed by atoms with Gasteiger partial charge in [-0.2, -0.15) is 5.10 Å². The summed E-state index contributed by atoms with van der Waals surface area (Å²) in [7, 11) is 0. The number of amides is 1. The lowest BCUT2D eigenvalue weighted by Crippen LogP contribution is -2.39. The van der Waals surface area contributed by atoms with Crippen LogP contribution in [0.25, 0.3) is 10.9 Å². The Labute approximate surface area is 164 Å². The standard InChI is InChI=1S/C22H26N4O2/c1-3-16-5-4-6-18-19(15(2)27)13-26(22(16)18)14-21(28)25-11-8-17(9-12-25)20-7-10-23-24-20/h4-7,10,13,17H,3,8-9,11-12,14H2,1-2H3,(H,23,24). The van der Waals surface area contributed by atoms with Gasteiger partial charge in [-0.3, -0.25) is 14.7 Å². The van der Waals surface area contributed by atoms with Crippen molar-refractivity contribution in [1.82, 2.24) is 19.7 Å². The van der Waals surface area contributed by atoms with E-state index in [1.54, 1.807) is 13.1 Å². The van der Waals surface area contributed by atoms with Crippen molar-refractivity contribution in [3.63, 3.8) is 0 Å². The van der Waals surface area contributed by atoms with Gasteiger partial charge < -0.3 is 9.47 Å². The molecule has 0 radical (unpaired) electrons. The number of hydrogen-bond donors (Lipinski definition) is 1. The lowest BCUT2D eigenvalue weighted by Gasteiger charge is -2.31. The SMILES string of the molecule is CCc1cccc2c(C(C)=O)cn(CC(=O)N3CCC(c4ccn[nH]4)CC3)c12. The predicted octanol–water partition coefficient (Wildman–Crippen LogP) is 3.54. The van der Waals surface area contributed by atoms with Crippen molar-refractivity contribution >= 4 is 22.6 Å². The van der Waals surface area contributed by atoms with Crippen molar-refractivity contribution in [2.24, 2.45) is 0 Å². The molecule has 1 aliphatic rings. The van der Waals surface area contributed by atoms with Crippen molar-refractivity contribution in [1.29, 1.82) is 0 Å². The molecule has 28 heavy (non-hydrogen) atoms. The third-order valence-corrected chi connectivity index (χ3v) is 5.86. The van der Waals surface area contributed by atoms with Gasteiger partial charge in [0.15, 0.2) is 5.78 Å². The fourth-order valence-electron chi connectivity index (χ4n) is 4.31. The van der Waals surface area contributed by atoms with Crippen molar-refractivity contribution in [2.45, 2.75) is 45.6 Å². The van der Waals surface area contributed by atoms with Crippen LogP contribution in [-0.2, 0) is 17.8 Å². The number of nitrogens with one attached hydrogen (secondary N) is 1. The van der Waals surface area contributed by atoms with Crippen LogP contribution in [0.3, 0.4) is 0 Å². The van der Waals surface area contributed by atoms with Crippen LogP contribution in [0.1, 0.15) is 54.2 Å². The molecule has 1 amide bonds. The molecule has 1 aromatic carbocycles. The average molecular weight is 378 g/mol. The van der Waals surface area contributed by atoms with E-state index in [1.165, 1.54) is 0 Å². The first-order valence-corrected chi connectivity index (χ1v) is 9.97. The van der Waals surface area contributed by atoms with Crippen LogP contribution in [0.4, 0.5) is 0 Å². The molecule has 1 N–H and O–H groups in total. The molecule has 0 saturated carbocycles. The van der Waals surface area contributed by atoms with Gasteiger partial charge >= 0.3 is 0 Å². The zero-order chi connectivity index (χ0) is 19.7. The zero-order valence-corrected chi connectivity index (χ0v) is 16.4. The molecule has 3 aromatic rings. The molecule has 0 unspecified atom stereocenters. The quantitative estimate of drug-likeness (QED) is 0.691. The number of aryl methyl sites for hydroxylation is 1. The number of ketones is 1. The predicted molar refractivity (Wildman–Crippen MR) is 108 cm³/mol. The van der Waals surface area contributed by atoms with Crippen molar-refractivity contribution in [2.75, 3.05) is 13.1 Å². The number of nitrogens with zero attached hydrogens (tertiary/aromatic N) is 3. The summed E-state index contributed by atoms with van der Waals surface area (Å²) in [5, 5.41) is 8.02. The second-order valence-corrected chi connectivity index (χ2v) is 7.56. The van der Waals surface area contributed by atoms with E-state index < -0.39 is 0 Å². The van der Waals surface area contributed by atoms with Gasteiger partial charge in [0.1, 0.15) is 6.54 Å². The van der Waals surface area contributed by atoms with Gasteiger partial charge in [0, 0.05) is 48.0 Å². The number of H-pyrrole nitrogens is 1. The Hall–Kier alpha value is -2.89. The summed E-state index contributed by atoms with van der Waals surface area (Å²) in [5.74, 6) is 0.584. The van der Waals surface area contributed by atoms with E-state index in [9.17, 15) is 9.59 Å². The summed E-state index contributed by atoms with van der Waals surface area (Å²) in [4.78, 5) is 27.0. The molecular weight excluding hydrogens is 352 g/mol. The summed E-state index contributed by atoms with van der Waals surface area (Å²) in [6.07, 6.45) is 6.38. The number of likely N-dealkylation sites (tertiary alicyclic amines) is 1. The van der Waals surface area contributed by atoms with E-state index in [0.29, 0.717) is 11.5 Å². The number of Topliss-reactive ketones (excluding diaryl/α,β-unsaturated/α-hetero) is 1. The van der Waals surface area contributed by atoms with Crippen LogP contribution in [0.5, 0.6) is 0 Å². The summed E-state index contributed by atoms with van der Waals surface area (Å²) < 4.78 is 1.97. The number of carbonyl (C=O) groups excluding carboxylic acids is 2. The average Bonchev–Trinajstić information content (AvgIpc) is 3.36. The minimum absolute atomic E-state index is 0.0322. The number of benzene rings is 1. The van der Waals surface area contributed by atoms with E-state index >= 15 is 0 Å². The van der Waals surface area contributed by atoms with Crippen LogP contribution in [0, 0.1) is 0 Å². The number of para-hydroxylation sites is 1. The third-order valence-electron chi connectivity index (χ3n) is 5.86. The lowest BCUT2D eigenvalue weighted by molar-refractivity contribution is -0.132. The fraction of sp³-hybridized carbons (Fsp3) is 0.409. The molecule has 6 heteroatoms. The molecule has 6 nitrogen and oxygen atoms in total. The first-order valence-electron chi connectivity index (χ1n) is 9.97. The molecule has 0 atom stereocenters. The molecule has 146 valence electrons. The van der Waals surface area contributed by atoms with Crippen molar-refractivity contribution in [3.8, 4) is 0 Å². The van der Waals surface area contributed by atoms with Gasteiger partial charge in [-0.15, -0.1) is 0 Å². The normalized spacial score (nSPS) is 15.3. The van der Waals surface area contributed by atoms with Crippen molar-refractivity contribution in [3.05, 3.63) is 53.5 Å². The van der Waals surface area contributed by atoms with Crippen LogP contribution >= 0.6 is 0 Å². The monoisotopic (exact) mass is 378 g/mol. The first kappa shape index (κ1) is 18.5. The van der Waals surface area contributed by atoms with Gasteiger partial charge in [0.05, 0.1) is 5.52 Å². The molecule has 0 bridgehead atoms. The maximum atomic E-state index is 13.0. The second kappa shape index (κ2) is 7.62. The Kier molecular flexibility index (Phi) is 5.03. The smallest absolute Gasteiger partial charge is 0.242 e. The number of aromatic amines is 1. The Morgan fingerprint density at radius 3 is 2.64 bits per heavy atom. The molecule has 1 fully saturated rings. The number of piperidine rings is 1. The lowest BCUT2D eigenvalue weighted by atomic mass is 9.93. The molecular formula is C22H26N4O2. The molecule has 2 aromatic heterocycles. The molecule has 4 rings (SSSR count). The van der Waals surface area contributed by atoms with Crippen molar-refractivity contribution < 1.29 is 9.59 Å². The molecule has 1 aliphatic heterocycles. The largest absolute Gasteiger partial charge is 0.341 e. The van der Waals surface area contributed by atoms with E-state index in [1.807, 2.05) is 33.9 Å². The number of hydrogen-bond acceptors (Lipinski definition) is 3. The highest BCUT2D eigenvalue weighted by molar-refractivity contribution is 6.07. The molecule has 0 spiro atoms. The van der Waals surface area contributed by atoms with E-state index in [2.05, 4.69) is 23.2 Å². The number of rotatable bonds is 5. The molecule has 0 aliphatic carbocycles. The number of fused-ring (bicyclic) bond motifs is 1. The topological polar surface area (TPSA) is 71.0 Å². The van der Waals surface area contributed by atoms with Gasteiger partial charge in [-0.25, -0.2) is 0 Å². The molecule has 1 saturated heterocycles. The first-order chi connectivity index (χ1) is 13.6. The Morgan fingerprint density at radius 2 is 2.00 bits per heavy atom. The van der Waals surface area contributed by atoms with Crippen LogP contribution in [0.15, 0.2) is 36.7 Å². The summed E-state index contributed by atoms with van der Waals surface area (Å²) in [5.41, 5.74) is 4.02.